The van der Waals surface area contributed by atoms with E-state index in [1.54, 1.807) is 19.4 Å². The second kappa shape index (κ2) is 12.8. The first-order valence-electron chi connectivity index (χ1n) is 10.9. The highest BCUT2D eigenvalue weighted by Crippen LogP contribution is 2.34. The molecular formula is C22H32Cl2N6O3. The van der Waals surface area contributed by atoms with Gasteiger partial charge >= 0.3 is 0 Å². The normalized spacial score (nSPS) is 20.7. The number of nitrogens with one attached hydrogen (secondary N) is 2. The van der Waals surface area contributed by atoms with Gasteiger partial charge < -0.3 is 25.4 Å². The van der Waals surface area contributed by atoms with Crippen LogP contribution in [0.2, 0.25) is 0 Å². The molecule has 2 aliphatic rings. The molecule has 9 nitrogen and oxygen atoms in total. The summed E-state index contributed by atoms with van der Waals surface area (Å²) >= 11 is 0. The van der Waals surface area contributed by atoms with Crippen molar-refractivity contribution in [2.24, 2.45) is 0 Å². The number of halogens is 2. The summed E-state index contributed by atoms with van der Waals surface area (Å²) in [7, 11) is 1.58. The van der Waals surface area contributed by atoms with Gasteiger partial charge in [-0.3, -0.25) is 4.79 Å². The van der Waals surface area contributed by atoms with Gasteiger partial charge in [0.2, 0.25) is 18.2 Å². The fraction of sp³-hybridized carbons (Fsp3) is 0.545. The number of carbonyl (C=O) groups excluding carboxylic acids is 1. The molecule has 182 valence electrons. The number of aliphatic hydroxyl groups excluding tert-OH is 1. The van der Waals surface area contributed by atoms with Crippen LogP contribution in [0.1, 0.15) is 50.0 Å². The molecule has 4 rings (SSSR count). The van der Waals surface area contributed by atoms with Crippen molar-refractivity contribution in [2.45, 2.75) is 56.6 Å². The van der Waals surface area contributed by atoms with Crippen LogP contribution in [0, 0.1) is 0 Å². The summed E-state index contributed by atoms with van der Waals surface area (Å²) in [6.45, 7) is 1.50. The number of anilines is 3. The predicted octanol–water partition coefficient (Wildman–Crippen LogP) is 3.52. The van der Waals surface area contributed by atoms with Crippen LogP contribution in [0.25, 0.3) is 0 Å². The van der Waals surface area contributed by atoms with Crippen molar-refractivity contribution in [3.8, 4) is 5.88 Å². The quantitative estimate of drug-likeness (QED) is 0.497. The van der Waals surface area contributed by atoms with Crippen molar-refractivity contribution in [3.05, 3.63) is 30.1 Å². The number of piperidine rings is 1. The molecule has 3 heterocycles. The number of methoxy groups -OCH3 is 1. The van der Waals surface area contributed by atoms with Crippen molar-refractivity contribution >= 4 is 48.7 Å². The molecular weight excluding hydrogens is 467 g/mol. The van der Waals surface area contributed by atoms with Crippen molar-refractivity contribution in [3.63, 3.8) is 0 Å². The Morgan fingerprint density at radius 1 is 1.12 bits per heavy atom. The molecule has 0 unspecified atom stereocenters. The minimum atomic E-state index is -0.200. The monoisotopic (exact) mass is 498 g/mol. The summed E-state index contributed by atoms with van der Waals surface area (Å²) in [5.41, 5.74) is 1.89. The molecule has 0 aromatic carbocycles. The summed E-state index contributed by atoms with van der Waals surface area (Å²) in [4.78, 5) is 26.4. The molecule has 1 aliphatic heterocycles. The Kier molecular flexibility index (Phi) is 10.4. The van der Waals surface area contributed by atoms with Crippen molar-refractivity contribution in [1.82, 2.24) is 19.9 Å². The average molecular weight is 499 g/mol. The highest BCUT2D eigenvalue weighted by Gasteiger charge is 2.26. The molecule has 0 radical (unpaired) electrons. The third kappa shape index (κ3) is 7.06. The lowest BCUT2D eigenvalue weighted by molar-refractivity contribution is -0.119. The van der Waals surface area contributed by atoms with Gasteiger partial charge in [-0.2, -0.15) is 4.98 Å². The molecule has 1 saturated carbocycles. The van der Waals surface area contributed by atoms with Crippen LogP contribution in [0.15, 0.2) is 24.5 Å². The largest absolute Gasteiger partial charge is 0.481 e. The van der Waals surface area contributed by atoms with Crippen molar-refractivity contribution in [1.29, 1.82) is 0 Å². The van der Waals surface area contributed by atoms with E-state index < -0.39 is 0 Å². The van der Waals surface area contributed by atoms with Gasteiger partial charge in [-0.25, -0.2) is 9.97 Å². The fourth-order valence-electron chi connectivity index (χ4n) is 4.32. The molecule has 33 heavy (non-hydrogen) atoms. The van der Waals surface area contributed by atoms with Crippen LogP contribution < -0.4 is 15.4 Å². The van der Waals surface area contributed by atoms with Crippen molar-refractivity contribution < 1.29 is 14.6 Å². The number of carbonyl (C=O) groups is 1. The van der Waals surface area contributed by atoms with Gasteiger partial charge in [0.15, 0.2) is 0 Å². The summed E-state index contributed by atoms with van der Waals surface area (Å²) in [6, 6.07) is 3.91. The van der Waals surface area contributed by atoms with Gasteiger partial charge in [0, 0.05) is 48.8 Å². The smallest absolute Gasteiger partial charge is 0.229 e. The van der Waals surface area contributed by atoms with Crippen molar-refractivity contribution in [2.75, 3.05) is 30.8 Å². The van der Waals surface area contributed by atoms with Gasteiger partial charge in [0.05, 0.1) is 13.2 Å². The lowest BCUT2D eigenvalue weighted by Gasteiger charge is -2.32. The summed E-state index contributed by atoms with van der Waals surface area (Å²) in [5, 5.41) is 16.7. The number of ether oxygens (including phenoxy) is 1. The molecule has 1 saturated heterocycles. The number of amides is 1. The Hall–Kier alpha value is -2.36. The van der Waals surface area contributed by atoms with Crippen LogP contribution in [0.5, 0.6) is 5.88 Å². The van der Waals surface area contributed by atoms with Gasteiger partial charge in [0.25, 0.3) is 0 Å². The Morgan fingerprint density at radius 2 is 1.85 bits per heavy atom. The van der Waals surface area contributed by atoms with E-state index in [2.05, 4.69) is 20.6 Å². The van der Waals surface area contributed by atoms with E-state index in [4.69, 9.17) is 9.72 Å². The number of aromatic nitrogens is 3. The van der Waals surface area contributed by atoms with Crippen LogP contribution in [0.4, 0.5) is 17.5 Å². The molecule has 1 aliphatic carbocycles. The third-order valence-corrected chi connectivity index (χ3v) is 6.17. The lowest BCUT2D eigenvalue weighted by Crippen LogP contribution is -2.33. The Bertz CT molecular complexity index is 890. The molecule has 1 amide bonds. The van der Waals surface area contributed by atoms with E-state index in [9.17, 15) is 9.90 Å². The number of hydrogen-bond donors (Lipinski definition) is 3. The first-order valence-corrected chi connectivity index (χ1v) is 10.9. The molecule has 0 bridgehead atoms. The van der Waals surface area contributed by atoms with Crippen LogP contribution in [-0.2, 0) is 4.79 Å². The van der Waals surface area contributed by atoms with Gasteiger partial charge in [-0.15, -0.1) is 24.8 Å². The number of hydrogen-bond acceptors (Lipinski definition) is 8. The Balaban J connectivity index is 0.00000193. The minimum absolute atomic E-state index is 0. The third-order valence-electron chi connectivity index (χ3n) is 6.17. The standard InChI is InChI=1S/C22H30N6O3.2ClH/c1-31-20-12-17(6-9-23-20)26-22-24-13-19(15-7-10-28(14-29)11-8-15)21(27-22)25-16-2-4-18(30)5-3-16;;/h6,9,12-16,18,30H,2-5,7-8,10-11H2,1H3,(H2,23,24,25,26,27);2*1H/t16-,18-;;. The first-order chi connectivity index (χ1) is 15.1. The SMILES string of the molecule is COc1cc(Nc2ncc(C3CCN(C=O)CC3)c(N[C@H]3CC[C@H](O)CC3)n2)ccn1.Cl.Cl. The van der Waals surface area contributed by atoms with E-state index in [-0.39, 0.29) is 37.0 Å². The lowest BCUT2D eigenvalue weighted by atomic mass is 9.89. The number of rotatable bonds is 7. The molecule has 11 heteroatoms. The summed E-state index contributed by atoms with van der Waals surface area (Å²) in [5.74, 6) is 2.16. The number of pyridine rings is 1. The summed E-state index contributed by atoms with van der Waals surface area (Å²) in [6.07, 6.45) is 9.53. The number of nitrogens with zero attached hydrogens (tertiary/aromatic N) is 4. The van der Waals surface area contributed by atoms with Crippen LogP contribution >= 0.6 is 24.8 Å². The second-order valence-corrected chi connectivity index (χ2v) is 8.27. The maximum absolute atomic E-state index is 11.1. The highest BCUT2D eigenvalue weighted by molar-refractivity contribution is 5.85. The second-order valence-electron chi connectivity index (χ2n) is 8.27. The number of likely N-dealkylation sites (tertiary alicyclic amines) is 1. The molecule has 3 N–H and O–H groups in total. The highest BCUT2D eigenvalue weighted by atomic mass is 35.5. The van der Waals surface area contributed by atoms with E-state index in [1.807, 2.05) is 17.2 Å². The zero-order chi connectivity index (χ0) is 21.6. The molecule has 2 fully saturated rings. The number of aliphatic hydroxyl groups is 1. The fourth-order valence-corrected chi connectivity index (χ4v) is 4.32. The minimum Gasteiger partial charge on any atom is -0.481 e. The summed E-state index contributed by atoms with van der Waals surface area (Å²) < 4.78 is 5.19. The van der Waals surface area contributed by atoms with E-state index >= 15 is 0 Å². The zero-order valence-corrected chi connectivity index (χ0v) is 20.3. The first kappa shape index (κ1) is 26.9. The van der Waals surface area contributed by atoms with Crippen LogP contribution in [-0.4, -0.2) is 63.7 Å². The topological polar surface area (TPSA) is 112 Å². The average Bonchev–Trinajstić information content (AvgIpc) is 2.81. The van der Waals surface area contributed by atoms with Gasteiger partial charge in [0.1, 0.15) is 5.82 Å². The Labute approximate surface area is 206 Å². The maximum Gasteiger partial charge on any atom is 0.229 e. The van der Waals surface area contributed by atoms with E-state index in [0.29, 0.717) is 17.7 Å². The Morgan fingerprint density at radius 3 is 2.52 bits per heavy atom. The molecule has 2 aromatic heterocycles. The zero-order valence-electron chi connectivity index (χ0n) is 18.6. The van der Waals surface area contributed by atoms with Gasteiger partial charge in [-0.05, 0) is 50.5 Å². The molecule has 0 spiro atoms. The maximum atomic E-state index is 11.1. The van der Waals surface area contributed by atoms with E-state index in [1.165, 1.54) is 0 Å². The molecule has 0 atom stereocenters. The van der Waals surface area contributed by atoms with Crippen LogP contribution in [0.3, 0.4) is 0 Å². The predicted molar refractivity (Wildman–Crippen MR) is 132 cm³/mol. The molecule has 2 aromatic rings. The van der Waals surface area contributed by atoms with Gasteiger partial charge in [-0.1, -0.05) is 0 Å². The van der Waals surface area contributed by atoms with E-state index in [0.717, 1.165) is 75.1 Å².